The quantitative estimate of drug-likeness (QED) is 0.169. The fourth-order valence-electron chi connectivity index (χ4n) is 7.25. The molecule has 0 heterocycles. The zero-order chi connectivity index (χ0) is 34.8. The third kappa shape index (κ3) is 7.49. The van der Waals surface area contributed by atoms with E-state index in [0.717, 1.165) is 19.8 Å². The second-order valence-electron chi connectivity index (χ2n) is 13.1. The summed E-state index contributed by atoms with van der Waals surface area (Å²) in [6.45, 7) is 5.08. The number of ketones is 1. The van der Waals surface area contributed by atoms with Crippen molar-refractivity contribution in [1.82, 2.24) is 0 Å². The number of hydrogen-bond acceptors (Lipinski definition) is 8. The molecule has 0 radical (unpaired) electrons. The van der Waals surface area contributed by atoms with E-state index in [9.17, 15) is 24.3 Å². The fourth-order valence-corrected chi connectivity index (χ4v) is 8.05. The van der Waals surface area contributed by atoms with Gasteiger partial charge in [0.25, 0.3) is 0 Å². The smallest absolute Gasteiger partial charge is 0.338 e. The molecule has 5 rings (SSSR count). The number of halogens is 3. The molecule has 48 heavy (non-hydrogen) atoms. The third-order valence-electron chi connectivity index (χ3n) is 10.1. The summed E-state index contributed by atoms with van der Waals surface area (Å²) < 4.78 is 20.1. The molecule has 0 saturated heterocycles. The zero-order valence-electron chi connectivity index (χ0n) is 26.8. The van der Waals surface area contributed by atoms with Crippen molar-refractivity contribution in [3.63, 3.8) is 0 Å². The molecule has 3 aromatic rings. The Morgan fingerprint density at radius 1 is 0.729 bits per heavy atom. The molecule has 0 bridgehead atoms. The monoisotopic (exact) mass is 846 g/mol. The van der Waals surface area contributed by atoms with E-state index in [0.29, 0.717) is 24.0 Å². The number of benzene rings is 3. The highest BCUT2D eigenvalue weighted by Crippen LogP contribution is 2.58. The van der Waals surface area contributed by atoms with E-state index in [-0.39, 0.29) is 30.3 Å². The van der Waals surface area contributed by atoms with Crippen LogP contribution in [0, 0.1) is 23.2 Å². The van der Waals surface area contributed by atoms with Gasteiger partial charge in [-0.3, -0.25) is 4.79 Å². The summed E-state index contributed by atoms with van der Waals surface area (Å²) in [7, 11) is 0. The fraction of sp³-hybridized carbons (Fsp3) is 0.405. The molecule has 7 atom stereocenters. The predicted octanol–water partition coefficient (Wildman–Crippen LogP) is 8.36. The van der Waals surface area contributed by atoms with Crippen molar-refractivity contribution in [2.75, 3.05) is 6.61 Å². The first-order chi connectivity index (χ1) is 22.7. The number of Topliss-reactive ketones (excluding diaryl/α,β-unsaturated/α-hetero) is 1. The van der Waals surface area contributed by atoms with Gasteiger partial charge < -0.3 is 19.3 Å². The largest absolute Gasteiger partial charge is 0.462 e. The molecule has 0 spiro atoms. The number of carbonyl (C=O) groups is 4. The van der Waals surface area contributed by atoms with Crippen molar-refractivity contribution in [2.45, 2.75) is 64.3 Å². The van der Waals surface area contributed by atoms with Gasteiger partial charge in [-0.1, -0.05) is 61.1 Å². The van der Waals surface area contributed by atoms with E-state index < -0.39 is 53.0 Å². The molecule has 0 amide bonds. The number of fused-ring (bicyclic) bond motifs is 1. The lowest BCUT2D eigenvalue weighted by atomic mass is 9.48. The van der Waals surface area contributed by atoms with E-state index in [1.807, 2.05) is 0 Å². The molecule has 0 aromatic heterocycles. The predicted molar refractivity (Wildman–Crippen MR) is 189 cm³/mol. The Kier molecular flexibility index (Phi) is 11.3. The summed E-state index contributed by atoms with van der Waals surface area (Å²) in [5.74, 6) is -2.83. The van der Waals surface area contributed by atoms with Crippen LogP contribution in [0.1, 0.15) is 77.5 Å². The molecule has 2 fully saturated rings. The molecule has 0 aliphatic heterocycles. The van der Waals surface area contributed by atoms with Gasteiger partial charge in [0, 0.05) is 25.8 Å². The van der Waals surface area contributed by atoms with Crippen LogP contribution >= 0.6 is 47.8 Å². The van der Waals surface area contributed by atoms with Crippen LogP contribution in [0.15, 0.2) is 86.2 Å². The number of ether oxygens (including phenoxy) is 3. The van der Waals surface area contributed by atoms with Crippen molar-refractivity contribution in [2.24, 2.45) is 23.2 Å². The van der Waals surface area contributed by atoms with Crippen LogP contribution in [0.25, 0.3) is 0 Å². The lowest BCUT2D eigenvalue weighted by molar-refractivity contribution is -0.248. The van der Waals surface area contributed by atoms with E-state index in [1.165, 1.54) is 6.92 Å². The topological polar surface area (TPSA) is 116 Å². The average Bonchev–Trinajstić information content (AvgIpc) is 3.05. The van der Waals surface area contributed by atoms with Gasteiger partial charge in [0.1, 0.15) is 17.5 Å². The van der Waals surface area contributed by atoms with E-state index >= 15 is 0 Å². The second-order valence-corrected chi connectivity index (χ2v) is 15.8. The summed E-state index contributed by atoms with van der Waals surface area (Å²) in [4.78, 5) is 54.2. The van der Waals surface area contributed by atoms with Crippen molar-refractivity contribution in [3.05, 3.63) is 103 Å². The molecule has 2 aliphatic carbocycles. The number of hydrogen-bond donors (Lipinski definition) is 1. The number of rotatable bonds is 9. The van der Waals surface area contributed by atoms with Gasteiger partial charge in [0.15, 0.2) is 6.10 Å². The maximum absolute atomic E-state index is 14.3. The lowest BCUT2D eigenvalue weighted by Gasteiger charge is -2.60. The van der Waals surface area contributed by atoms with Gasteiger partial charge in [0.2, 0.25) is 0 Å². The Bertz CT molecular complexity index is 1660. The second kappa shape index (κ2) is 14.9. The SMILES string of the molecule is C[C@H]1CC[C@H]2[C@H](C1)[C@@H](OC(=O)c1ccc(Br)cc1)[C@@H](OC(=O)c1ccc(Br)cc1)[C@@](C)(O)[C@]2(C)C(=O)CCOC(=O)c1ccc(Br)cc1. The van der Waals surface area contributed by atoms with Crippen LogP contribution in [0.3, 0.4) is 0 Å². The molecule has 2 aliphatic rings. The molecule has 8 nitrogen and oxygen atoms in total. The first-order valence-electron chi connectivity index (χ1n) is 15.8. The van der Waals surface area contributed by atoms with Crippen molar-refractivity contribution >= 4 is 71.5 Å². The van der Waals surface area contributed by atoms with Crippen molar-refractivity contribution in [1.29, 1.82) is 0 Å². The molecular formula is C37H37Br3O8. The summed E-state index contributed by atoms with van der Waals surface area (Å²) in [6.07, 6.45) is -0.617. The maximum atomic E-state index is 14.3. The Hall–Kier alpha value is -2.86. The summed E-state index contributed by atoms with van der Waals surface area (Å²) in [5, 5.41) is 12.6. The minimum atomic E-state index is -1.97. The standard InChI is InChI=1S/C37H37Br3O8/c1-21-4-17-29-28(20-21)31(47-34(43)23-7-13-26(39)14-8-23)32(48-35(44)24-9-15-27(40)16-10-24)37(3,45)36(29,2)30(41)18-19-46-33(42)22-5-11-25(38)12-6-22/h5-16,21,28-29,31-32,45H,4,17-20H2,1-3H3/t21-,28-,29-,31+,32+,36-,37+/m0/s1. The molecule has 2 saturated carbocycles. The summed E-state index contributed by atoms with van der Waals surface area (Å²) in [5.41, 5.74) is -2.53. The number of aliphatic hydroxyl groups is 1. The number of carbonyl (C=O) groups excluding carboxylic acids is 4. The minimum Gasteiger partial charge on any atom is -0.462 e. The van der Waals surface area contributed by atoms with Gasteiger partial charge in [-0.05, 0) is 111 Å². The molecule has 0 unspecified atom stereocenters. The highest BCUT2D eigenvalue weighted by atomic mass is 79.9. The van der Waals surface area contributed by atoms with E-state index in [1.54, 1.807) is 79.7 Å². The molecule has 11 heteroatoms. The Balaban J connectivity index is 1.48. The Morgan fingerprint density at radius 2 is 1.19 bits per heavy atom. The van der Waals surface area contributed by atoms with Crippen LogP contribution in [-0.4, -0.2) is 53.2 Å². The highest BCUT2D eigenvalue weighted by Gasteiger charge is 2.68. The van der Waals surface area contributed by atoms with Crippen molar-refractivity contribution in [3.8, 4) is 0 Å². The summed E-state index contributed by atoms with van der Waals surface area (Å²) in [6, 6.07) is 20.0. The Morgan fingerprint density at radius 3 is 1.69 bits per heavy atom. The molecule has 3 aromatic carbocycles. The van der Waals surface area contributed by atoms with Gasteiger partial charge in [-0.15, -0.1) is 0 Å². The van der Waals surface area contributed by atoms with Crippen molar-refractivity contribution < 1.29 is 38.5 Å². The molecule has 1 N–H and O–H groups in total. The number of esters is 3. The normalized spacial score (nSPS) is 28.1. The van der Waals surface area contributed by atoms with Crippen LogP contribution in [0.4, 0.5) is 0 Å². The zero-order valence-corrected chi connectivity index (χ0v) is 31.5. The minimum absolute atomic E-state index is 0.162. The van der Waals surface area contributed by atoms with E-state index in [4.69, 9.17) is 14.2 Å². The Labute approximate surface area is 305 Å². The maximum Gasteiger partial charge on any atom is 0.338 e. The first kappa shape index (κ1) is 36.4. The van der Waals surface area contributed by atoms with Gasteiger partial charge in [0.05, 0.1) is 28.7 Å². The van der Waals surface area contributed by atoms with Crippen LogP contribution in [0.5, 0.6) is 0 Å². The lowest BCUT2D eigenvalue weighted by Crippen LogP contribution is -2.72. The van der Waals surface area contributed by atoms with E-state index in [2.05, 4.69) is 54.7 Å². The van der Waals surface area contributed by atoms with Gasteiger partial charge >= 0.3 is 17.9 Å². The van der Waals surface area contributed by atoms with Gasteiger partial charge in [-0.2, -0.15) is 0 Å². The summed E-state index contributed by atoms with van der Waals surface area (Å²) >= 11 is 10.1. The van der Waals surface area contributed by atoms with Crippen LogP contribution < -0.4 is 0 Å². The third-order valence-corrected chi connectivity index (χ3v) is 11.7. The van der Waals surface area contributed by atoms with Gasteiger partial charge in [-0.25, -0.2) is 14.4 Å². The van der Waals surface area contributed by atoms with Crippen LogP contribution in [0.2, 0.25) is 0 Å². The first-order valence-corrected chi connectivity index (χ1v) is 18.2. The van der Waals surface area contributed by atoms with Crippen LogP contribution in [-0.2, 0) is 19.0 Å². The molecular weight excluding hydrogens is 812 g/mol. The average molecular weight is 849 g/mol. The molecule has 254 valence electrons. The highest BCUT2D eigenvalue weighted by molar-refractivity contribution is 9.11.